The molecular weight excluding hydrogens is 382 g/mol. The Morgan fingerprint density at radius 2 is 2.07 bits per heavy atom. The molecule has 0 bridgehead atoms. The van der Waals surface area contributed by atoms with Gasteiger partial charge in [0, 0.05) is 20.7 Å². The summed E-state index contributed by atoms with van der Waals surface area (Å²) in [6, 6.07) is 13.2. The van der Waals surface area contributed by atoms with Crippen LogP contribution in [0.5, 0.6) is 11.5 Å². The Hall–Kier alpha value is -2.61. The lowest BCUT2D eigenvalue weighted by atomic mass is 10.2. The molecule has 0 fully saturated rings. The Labute approximate surface area is 164 Å². The Balaban J connectivity index is 1.32. The number of aliphatic hydroxyl groups is 1. The van der Waals surface area contributed by atoms with Gasteiger partial charge in [-0.3, -0.25) is 4.79 Å². The highest BCUT2D eigenvalue weighted by molar-refractivity contribution is 7.12. The second-order valence-corrected chi connectivity index (χ2v) is 8.07. The Morgan fingerprint density at radius 3 is 2.93 bits per heavy atom. The fourth-order valence-corrected chi connectivity index (χ4v) is 4.41. The average Bonchev–Trinajstić information content (AvgIpc) is 3.45. The van der Waals surface area contributed by atoms with Gasteiger partial charge in [-0.2, -0.15) is 0 Å². The van der Waals surface area contributed by atoms with Crippen molar-refractivity contribution >= 4 is 34.7 Å². The molecule has 1 amide bonds. The van der Waals surface area contributed by atoms with Crippen LogP contribution in [0.4, 0.5) is 0 Å². The van der Waals surface area contributed by atoms with E-state index in [1.807, 2.05) is 47.8 Å². The molecule has 0 saturated carbocycles. The second kappa shape index (κ2) is 7.96. The first-order valence-corrected chi connectivity index (χ1v) is 10.0. The van der Waals surface area contributed by atoms with Crippen molar-refractivity contribution in [3.05, 3.63) is 74.1 Å². The number of rotatable bonds is 6. The van der Waals surface area contributed by atoms with Crippen molar-refractivity contribution in [1.82, 2.24) is 5.32 Å². The molecule has 3 heterocycles. The lowest BCUT2D eigenvalue weighted by molar-refractivity contribution is -0.116. The van der Waals surface area contributed by atoms with Crippen molar-refractivity contribution in [3.63, 3.8) is 0 Å². The first-order valence-electron chi connectivity index (χ1n) is 8.35. The van der Waals surface area contributed by atoms with Crippen molar-refractivity contribution in [2.24, 2.45) is 0 Å². The van der Waals surface area contributed by atoms with Gasteiger partial charge in [0.05, 0.1) is 6.54 Å². The van der Waals surface area contributed by atoms with Gasteiger partial charge in [-0.15, -0.1) is 22.7 Å². The molecule has 1 aromatic carbocycles. The third-order valence-electron chi connectivity index (χ3n) is 4.03. The molecule has 2 aromatic heterocycles. The number of hydrogen-bond donors (Lipinski definition) is 2. The SMILES string of the molecule is O=C(/C=C/c1ccc2c(c1)OCO2)NCc1ccc([C@H](O)c2cccs2)s1. The fraction of sp³-hybridized carbons (Fsp3) is 0.150. The molecule has 1 aliphatic rings. The van der Waals surface area contributed by atoms with Gasteiger partial charge in [-0.1, -0.05) is 12.1 Å². The van der Waals surface area contributed by atoms with Crippen molar-refractivity contribution in [2.75, 3.05) is 6.79 Å². The minimum absolute atomic E-state index is 0.179. The van der Waals surface area contributed by atoms with Crippen LogP contribution >= 0.6 is 22.7 Å². The Kier molecular flexibility index (Phi) is 5.24. The first-order chi connectivity index (χ1) is 13.2. The topological polar surface area (TPSA) is 67.8 Å². The van der Waals surface area contributed by atoms with Crippen LogP contribution < -0.4 is 14.8 Å². The van der Waals surface area contributed by atoms with Crippen molar-refractivity contribution in [1.29, 1.82) is 0 Å². The highest BCUT2D eigenvalue weighted by Crippen LogP contribution is 2.33. The third-order valence-corrected chi connectivity index (χ3v) is 6.09. The molecule has 5 nitrogen and oxygen atoms in total. The number of benzene rings is 1. The van der Waals surface area contributed by atoms with E-state index in [9.17, 15) is 9.90 Å². The van der Waals surface area contributed by atoms with E-state index in [2.05, 4.69) is 5.32 Å². The maximum absolute atomic E-state index is 12.1. The van der Waals surface area contributed by atoms with Crippen LogP contribution in [0.1, 0.15) is 26.3 Å². The van der Waals surface area contributed by atoms with E-state index >= 15 is 0 Å². The Morgan fingerprint density at radius 1 is 1.19 bits per heavy atom. The number of fused-ring (bicyclic) bond motifs is 1. The van der Waals surface area contributed by atoms with Crippen molar-refractivity contribution < 1.29 is 19.4 Å². The molecule has 138 valence electrons. The molecule has 0 spiro atoms. The minimum Gasteiger partial charge on any atom is -0.454 e. The van der Waals surface area contributed by atoms with Gasteiger partial charge < -0.3 is 19.9 Å². The maximum Gasteiger partial charge on any atom is 0.244 e. The monoisotopic (exact) mass is 399 g/mol. The summed E-state index contributed by atoms with van der Waals surface area (Å²) in [5, 5.41) is 15.2. The summed E-state index contributed by atoms with van der Waals surface area (Å²) in [6.45, 7) is 0.652. The van der Waals surface area contributed by atoms with E-state index < -0.39 is 6.10 Å². The second-order valence-electron chi connectivity index (χ2n) is 5.89. The van der Waals surface area contributed by atoms with Crippen LogP contribution in [0, 0.1) is 0 Å². The van der Waals surface area contributed by atoms with E-state index in [-0.39, 0.29) is 12.7 Å². The quantitative estimate of drug-likeness (QED) is 0.616. The van der Waals surface area contributed by atoms with Gasteiger partial charge in [0.25, 0.3) is 0 Å². The van der Waals surface area contributed by atoms with Crippen LogP contribution in [0.3, 0.4) is 0 Å². The molecule has 0 saturated heterocycles. The molecular formula is C20H17NO4S2. The number of carbonyl (C=O) groups excluding carboxylic acids is 1. The number of ether oxygens (including phenoxy) is 2. The molecule has 1 aliphatic heterocycles. The molecule has 3 aromatic rings. The largest absolute Gasteiger partial charge is 0.454 e. The third kappa shape index (κ3) is 4.21. The maximum atomic E-state index is 12.1. The van der Waals surface area contributed by atoms with Crippen molar-refractivity contribution in [3.8, 4) is 11.5 Å². The first kappa shape index (κ1) is 17.8. The van der Waals surface area contributed by atoms with Gasteiger partial charge in [0.1, 0.15) is 6.10 Å². The van der Waals surface area contributed by atoms with Gasteiger partial charge >= 0.3 is 0 Å². The Bertz CT molecular complexity index is 962. The van der Waals surface area contributed by atoms with E-state index in [4.69, 9.17) is 9.47 Å². The normalized spacial score (nSPS) is 13.8. The zero-order valence-corrected chi connectivity index (χ0v) is 15.9. The summed E-state index contributed by atoms with van der Waals surface area (Å²) < 4.78 is 10.6. The summed E-state index contributed by atoms with van der Waals surface area (Å²) in [6.07, 6.45) is 2.62. The van der Waals surface area contributed by atoms with Crippen molar-refractivity contribution in [2.45, 2.75) is 12.6 Å². The summed E-state index contributed by atoms with van der Waals surface area (Å²) in [5.41, 5.74) is 0.867. The number of amides is 1. The van der Waals surface area contributed by atoms with Crippen LogP contribution in [-0.2, 0) is 11.3 Å². The zero-order valence-electron chi connectivity index (χ0n) is 14.3. The van der Waals surface area contributed by atoms with Crippen LogP contribution in [0.2, 0.25) is 0 Å². The summed E-state index contributed by atoms with van der Waals surface area (Å²) in [7, 11) is 0. The summed E-state index contributed by atoms with van der Waals surface area (Å²) >= 11 is 3.02. The highest BCUT2D eigenvalue weighted by atomic mass is 32.1. The molecule has 0 aliphatic carbocycles. The van der Waals surface area contributed by atoms with E-state index in [1.54, 1.807) is 6.08 Å². The molecule has 1 atom stereocenters. The number of hydrogen-bond acceptors (Lipinski definition) is 6. The predicted octanol–water partition coefficient (Wildman–Crippen LogP) is 3.95. The fourth-order valence-electron chi connectivity index (χ4n) is 2.65. The van der Waals surface area contributed by atoms with Gasteiger partial charge in [-0.05, 0) is 47.4 Å². The zero-order chi connectivity index (χ0) is 18.6. The lowest BCUT2D eigenvalue weighted by Gasteiger charge is -2.05. The number of thiophene rings is 2. The molecule has 2 N–H and O–H groups in total. The molecule has 27 heavy (non-hydrogen) atoms. The summed E-state index contributed by atoms with van der Waals surface area (Å²) in [5.74, 6) is 1.23. The molecule has 7 heteroatoms. The predicted molar refractivity (Wildman–Crippen MR) is 106 cm³/mol. The number of nitrogens with one attached hydrogen (secondary N) is 1. The lowest BCUT2D eigenvalue weighted by Crippen LogP contribution is -2.19. The number of carbonyl (C=O) groups is 1. The number of aliphatic hydroxyl groups excluding tert-OH is 1. The van der Waals surface area contributed by atoms with Gasteiger partial charge in [-0.25, -0.2) is 0 Å². The van der Waals surface area contributed by atoms with Gasteiger partial charge in [0.15, 0.2) is 11.5 Å². The molecule has 0 unspecified atom stereocenters. The molecule has 0 radical (unpaired) electrons. The van der Waals surface area contributed by atoms with E-state index in [0.717, 1.165) is 25.9 Å². The van der Waals surface area contributed by atoms with Crippen LogP contribution in [0.15, 0.2) is 53.9 Å². The summed E-state index contributed by atoms with van der Waals surface area (Å²) in [4.78, 5) is 14.8. The highest BCUT2D eigenvalue weighted by Gasteiger charge is 2.14. The average molecular weight is 399 g/mol. The van der Waals surface area contributed by atoms with Crippen LogP contribution in [0.25, 0.3) is 6.08 Å². The standard InChI is InChI=1S/C20H17NO4S2/c22-19(8-4-13-3-6-15-16(10-13)25-12-24-15)21-11-14-5-7-18(27-14)20(23)17-2-1-9-26-17/h1-10,20,23H,11-12H2,(H,21,22)/b8-4+/t20-/m1/s1. The van der Waals surface area contributed by atoms with E-state index in [1.165, 1.54) is 28.7 Å². The van der Waals surface area contributed by atoms with Crippen LogP contribution in [-0.4, -0.2) is 17.8 Å². The van der Waals surface area contributed by atoms with Gasteiger partial charge in [0.2, 0.25) is 12.7 Å². The van der Waals surface area contributed by atoms with E-state index in [0.29, 0.717) is 12.3 Å². The molecule has 4 rings (SSSR count). The smallest absolute Gasteiger partial charge is 0.244 e. The minimum atomic E-state index is -0.606.